The maximum atomic E-state index is 10.4. The SMILES string of the molecule is CCOc1ccc(Cc2cc([C@@H]3O[C@H](CO)[C@@H](O)[C@H](O)[C@H]3O)ccc2I)cc1. The van der Waals surface area contributed by atoms with E-state index in [-0.39, 0.29) is 0 Å². The van der Waals surface area contributed by atoms with E-state index >= 15 is 0 Å². The van der Waals surface area contributed by atoms with E-state index in [9.17, 15) is 20.4 Å². The van der Waals surface area contributed by atoms with Crippen LogP contribution in [0, 0.1) is 3.57 Å². The zero-order valence-corrected chi connectivity index (χ0v) is 17.7. The molecule has 4 N–H and O–H groups in total. The summed E-state index contributed by atoms with van der Waals surface area (Å²) in [6.07, 6.45) is -5.08. The fourth-order valence-corrected chi connectivity index (χ4v) is 3.90. The molecule has 152 valence electrons. The fourth-order valence-electron chi connectivity index (χ4n) is 3.37. The van der Waals surface area contributed by atoms with E-state index in [2.05, 4.69) is 22.6 Å². The summed E-state index contributed by atoms with van der Waals surface area (Å²) >= 11 is 2.26. The largest absolute Gasteiger partial charge is 0.494 e. The molecule has 0 bridgehead atoms. The summed E-state index contributed by atoms with van der Waals surface area (Å²) in [5, 5.41) is 39.8. The second-order valence-corrected chi connectivity index (χ2v) is 8.02. The van der Waals surface area contributed by atoms with Gasteiger partial charge in [0.25, 0.3) is 0 Å². The van der Waals surface area contributed by atoms with Crippen molar-refractivity contribution in [3.05, 3.63) is 62.7 Å². The van der Waals surface area contributed by atoms with Crippen LogP contribution in [0.4, 0.5) is 0 Å². The van der Waals surface area contributed by atoms with Crippen LogP contribution in [0.1, 0.15) is 29.7 Å². The fraction of sp³-hybridized carbons (Fsp3) is 0.429. The Labute approximate surface area is 177 Å². The number of halogens is 1. The average molecular weight is 500 g/mol. The van der Waals surface area contributed by atoms with E-state index in [0.29, 0.717) is 18.6 Å². The van der Waals surface area contributed by atoms with E-state index in [4.69, 9.17) is 9.47 Å². The molecule has 1 aliphatic rings. The lowest BCUT2D eigenvalue weighted by molar-refractivity contribution is -0.231. The van der Waals surface area contributed by atoms with Gasteiger partial charge in [-0.3, -0.25) is 0 Å². The minimum absolute atomic E-state index is 0.440. The number of aliphatic hydroxyl groups is 4. The maximum Gasteiger partial charge on any atom is 0.119 e. The highest BCUT2D eigenvalue weighted by molar-refractivity contribution is 14.1. The van der Waals surface area contributed by atoms with Crippen LogP contribution in [0.25, 0.3) is 0 Å². The molecule has 0 spiro atoms. The van der Waals surface area contributed by atoms with Crippen LogP contribution in [-0.4, -0.2) is 58.1 Å². The molecule has 2 aromatic carbocycles. The molecule has 28 heavy (non-hydrogen) atoms. The molecular formula is C21H25IO6. The van der Waals surface area contributed by atoms with Crippen molar-refractivity contribution in [1.82, 2.24) is 0 Å². The predicted molar refractivity (Wildman–Crippen MR) is 112 cm³/mol. The molecule has 6 nitrogen and oxygen atoms in total. The van der Waals surface area contributed by atoms with Crippen molar-refractivity contribution >= 4 is 22.6 Å². The van der Waals surface area contributed by atoms with E-state index < -0.39 is 37.1 Å². The monoisotopic (exact) mass is 500 g/mol. The van der Waals surface area contributed by atoms with Gasteiger partial charge >= 0.3 is 0 Å². The van der Waals surface area contributed by atoms with Gasteiger partial charge in [-0.25, -0.2) is 0 Å². The first-order valence-electron chi connectivity index (χ1n) is 9.25. The van der Waals surface area contributed by atoms with E-state index in [1.54, 1.807) is 0 Å². The molecule has 0 saturated carbocycles. The lowest BCUT2D eigenvalue weighted by Gasteiger charge is -2.40. The summed E-state index contributed by atoms with van der Waals surface area (Å²) in [5.74, 6) is 0.830. The lowest BCUT2D eigenvalue weighted by atomic mass is 9.90. The van der Waals surface area contributed by atoms with Gasteiger partial charge in [-0.15, -0.1) is 0 Å². The Balaban J connectivity index is 1.82. The van der Waals surface area contributed by atoms with Crippen molar-refractivity contribution in [3.8, 4) is 5.75 Å². The molecule has 1 heterocycles. The van der Waals surface area contributed by atoms with Crippen LogP contribution in [-0.2, 0) is 11.2 Å². The van der Waals surface area contributed by atoms with E-state index in [0.717, 1.165) is 20.4 Å². The number of ether oxygens (including phenoxy) is 2. The molecule has 0 amide bonds. The summed E-state index contributed by atoms with van der Waals surface area (Å²) in [6, 6.07) is 13.6. The zero-order valence-electron chi connectivity index (χ0n) is 15.5. The van der Waals surface area contributed by atoms with Crippen LogP contribution < -0.4 is 4.74 Å². The number of rotatable bonds is 6. The topological polar surface area (TPSA) is 99.4 Å². The highest BCUT2D eigenvalue weighted by Gasteiger charge is 2.43. The van der Waals surface area contributed by atoms with Crippen LogP contribution in [0.5, 0.6) is 5.75 Å². The molecule has 1 aliphatic heterocycles. The highest BCUT2D eigenvalue weighted by atomic mass is 127. The molecule has 0 radical (unpaired) electrons. The molecule has 7 heteroatoms. The van der Waals surface area contributed by atoms with Gasteiger partial charge in [0, 0.05) is 3.57 Å². The summed E-state index contributed by atoms with van der Waals surface area (Å²) in [7, 11) is 0. The van der Waals surface area contributed by atoms with Crippen molar-refractivity contribution in [2.24, 2.45) is 0 Å². The van der Waals surface area contributed by atoms with Gasteiger partial charge in [-0.05, 0) is 70.8 Å². The first kappa shape index (κ1) is 21.5. The summed E-state index contributed by atoms with van der Waals surface area (Å²) in [4.78, 5) is 0. The van der Waals surface area contributed by atoms with Gasteiger partial charge in [0.2, 0.25) is 0 Å². The van der Waals surface area contributed by atoms with Crippen LogP contribution in [0.15, 0.2) is 42.5 Å². The molecule has 5 atom stereocenters. The van der Waals surface area contributed by atoms with Crippen molar-refractivity contribution in [3.63, 3.8) is 0 Å². The Bertz CT molecular complexity index is 779. The van der Waals surface area contributed by atoms with E-state index in [1.807, 2.05) is 49.4 Å². The summed E-state index contributed by atoms with van der Waals surface area (Å²) in [6.45, 7) is 2.13. The number of benzene rings is 2. The molecule has 1 saturated heterocycles. The van der Waals surface area contributed by atoms with Gasteiger partial charge in [-0.1, -0.05) is 24.3 Å². The smallest absolute Gasteiger partial charge is 0.119 e. The summed E-state index contributed by atoms with van der Waals surface area (Å²) in [5.41, 5.74) is 2.87. The minimum atomic E-state index is -1.38. The predicted octanol–water partition coefficient (Wildman–Crippen LogP) is 1.80. The van der Waals surface area contributed by atoms with Gasteiger partial charge in [0.1, 0.15) is 36.3 Å². The first-order chi connectivity index (χ1) is 13.4. The number of aliphatic hydroxyl groups excluding tert-OH is 4. The molecule has 0 unspecified atom stereocenters. The quantitative estimate of drug-likeness (QED) is 0.452. The Morgan fingerprint density at radius 2 is 1.71 bits per heavy atom. The number of hydrogen-bond donors (Lipinski definition) is 4. The third-order valence-corrected chi connectivity index (χ3v) is 5.97. The molecule has 3 rings (SSSR count). The lowest BCUT2D eigenvalue weighted by Crippen LogP contribution is -2.55. The van der Waals surface area contributed by atoms with Crippen molar-refractivity contribution in [1.29, 1.82) is 0 Å². The molecule has 2 aromatic rings. The maximum absolute atomic E-state index is 10.4. The Morgan fingerprint density at radius 1 is 1.00 bits per heavy atom. The van der Waals surface area contributed by atoms with E-state index in [1.165, 1.54) is 0 Å². The highest BCUT2D eigenvalue weighted by Crippen LogP contribution is 2.34. The molecule has 0 aliphatic carbocycles. The Kier molecular flexibility index (Phi) is 7.30. The average Bonchev–Trinajstić information content (AvgIpc) is 2.70. The molecule has 1 fully saturated rings. The van der Waals surface area contributed by atoms with Gasteiger partial charge in [0.05, 0.1) is 13.2 Å². The standard InChI is InChI=1S/C21H25IO6/c1-2-27-15-6-3-12(4-7-15)9-14-10-13(5-8-16(14)22)21-20(26)19(25)18(24)17(11-23)28-21/h3-8,10,17-21,23-26H,2,9,11H2,1H3/t17-,18-,19+,20-,21+/m1/s1. The zero-order chi connectivity index (χ0) is 20.3. The molecular weight excluding hydrogens is 475 g/mol. The third kappa shape index (κ3) is 4.67. The second kappa shape index (κ2) is 9.51. The Morgan fingerprint density at radius 3 is 2.36 bits per heavy atom. The van der Waals surface area contributed by atoms with Crippen molar-refractivity contribution in [2.45, 2.75) is 43.9 Å². The third-order valence-electron chi connectivity index (χ3n) is 4.92. The normalized spacial score (nSPS) is 27.6. The van der Waals surface area contributed by atoms with Crippen molar-refractivity contribution < 1.29 is 29.9 Å². The molecule has 0 aromatic heterocycles. The van der Waals surface area contributed by atoms with Crippen molar-refractivity contribution in [2.75, 3.05) is 13.2 Å². The second-order valence-electron chi connectivity index (χ2n) is 6.85. The van der Waals surface area contributed by atoms with Gasteiger partial charge < -0.3 is 29.9 Å². The number of hydrogen-bond acceptors (Lipinski definition) is 6. The first-order valence-corrected chi connectivity index (χ1v) is 10.3. The van der Waals surface area contributed by atoms with Gasteiger partial charge in [-0.2, -0.15) is 0 Å². The van der Waals surface area contributed by atoms with Crippen LogP contribution >= 0.6 is 22.6 Å². The van der Waals surface area contributed by atoms with Gasteiger partial charge in [0.15, 0.2) is 0 Å². The Hall–Kier alpha value is -1.23. The van der Waals surface area contributed by atoms with Crippen LogP contribution in [0.2, 0.25) is 0 Å². The summed E-state index contributed by atoms with van der Waals surface area (Å²) < 4.78 is 12.2. The van der Waals surface area contributed by atoms with Crippen LogP contribution in [0.3, 0.4) is 0 Å². The minimum Gasteiger partial charge on any atom is -0.494 e.